The molecule has 2 N–H and O–H groups in total. The number of nitro groups is 1. The summed E-state index contributed by atoms with van der Waals surface area (Å²) in [6.45, 7) is 2.04. The number of aryl methyl sites for hydroxylation is 1. The number of non-ortho nitro benzene ring substituents is 1. The largest absolute Gasteiger partial charge is 0.437 e. The maximum absolute atomic E-state index is 10.7. The van der Waals surface area contributed by atoms with E-state index < -0.39 is 4.92 Å². The van der Waals surface area contributed by atoms with Crippen LogP contribution in [0.15, 0.2) is 29.8 Å². The van der Waals surface area contributed by atoms with Crippen LogP contribution in [0.3, 0.4) is 0 Å². The Bertz CT molecular complexity index is 824. The summed E-state index contributed by atoms with van der Waals surface area (Å²) in [7, 11) is 0. The molecule has 0 unspecified atom stereocenters. The minimum Gasteiger partial charge on any atom is -0.437 e. The van der Waals surface area contributed by atoms with Gasteiger partial charge < -0.3 is 10.5 Å². The van der Waals surface area contributed by atoms with Crippen LogP contribution in [-0.4, -0.2) is 14.3 Å². The SMILES string of the molecule is Cc1cc([N+](=O)[O-])ccc1Oc1nc2sccn2c1CN. The van der Waals surface area contributed by atoms with Crippen LogP contribution in [0.5, 0.6) is 11.6 Å². The Balaban J connectivity index is 1.98. The van der Waals surface area contributed by atoms with E-state index in [1.165, 1.54) is 23.5 Å². The fourth-order valence-electron chi connectivity index (χ4n) is 2.05. The molecule has 2 heterocycles. The maximum atomic E-state index is 10.7. The topological polar surface area (TPSA) is 95.7 Å². The Morgan fingerprint density at radius 2 is 2.33 bits per heavy atom. The first kappa shape index (κ1) is 13.5. The monoisotopic (exact) mass is 304 g/mol. The van der Waals surface area contributed by atoms with Crippen LogP contribution < -0.4 is 10.5 Å². The molecule has 7 nitrogen and oxygen atoms in total. The maximum Gasteiger partial charge on any atom is 0.269 e. The van der Waals surface area contributed by atoms with Gasteiger partial charge in [-0.3, -0.25) is 14.5 Å². The number of benzene rings is 1. The fraction of sp³-hybridized carbons (Fsp3) is 0.154. The third-order valence-corrected chi connectivity index (χ3v) is 3.85. The normalized spacial score (nSPS) is 11.0. The number of ether oxygens (including phenoxy) is 1. The number of hydrogen-bond donors (Lipinski definition) is 1. The number of aromatic nitrogens is 2. The minimum absolute atomic E-state index is 0.0321. The Labute approximate surface area is 123 Å². The van der Waals surface area contributed by atoms with Crippen LogP contribution in [0.1, 0.15) is 11.3 Å². The number of nitrogens with zero attached hydrogens (tertiary/aromatic N) is 3. The van der Waals surface area contributed by atoms with Gasteiger partial charge in [-0.25, -0.2) is 0 Å². The van der Waals surface area contributed by atoms with Gasteiger partial charge in [-0.1, -0.05) is 0 Å². The average Bonchev–Trinajstić information content (AvgIpc) is 3.00. The predicted molar refractivity (Wildman–Crippen MR) is 78.9 cm³/mol. The molecule has 0 fully saturated rings. The van der Waals surface area contributed by atoms with Crippen molar-refractivity contribution < 1.29 is 9.66 Å². The number of fused-ring (bicyclic) bond motifs is 1. The van der Waals surface area contributed by atoms with E-state index in [2.05, 4.69) is 4.98 Å². The fourth-order valence-corrected chi connectivity index (χ4v) is 2.77. The van der Waals surface area contributed by atoms with Crippen molar-refractivity contribution in [1.82, 2.24) is 9.38 Å². The molecule has 3 rings (SSSR count). The number of nitrogens with two attached hydrogens (primary N) is 1. The molecule has 0 bridgehead atoms. The first-order chi connectivity index (χ1) is 10.1. The molecule has 8 heteroatoms. The van der Waals surface area contributed by atoms with E-state index in [1.54, 1.807) is 13.0 Å². The summed E-state index contributed by atoms with van der Waals surface area (Å²) in [5, 5.41) is 12.7. The molecule has 0 atom stereocenters. The second-order valence-corrected chi connectivity index (χ2v) is 5.31. The predicted octanol–water partition coefficient (Wildman–Crippen LogP) is 2.86. The number of hydrogen-bond acceptors (Lipinski definition) is 6. The molecule has 0 saturated carbocycles. The molecule has 0 radical (unpaired) electrons. The molecule has 2 aromatic heterocycles. The molecule has 0 spiro atoms. The molecule has 0 saturated heterocycles. The van der Waals surface area contributed by atoms with Crippen LogP contribution in [-0.2, 0) is 6.54 Å². The van der Waals surface area contributed by atoms with E-state index >= 15 is 0 Å². The third-order valence-electron chi connectivity index (χ3n) is 3.09. The van der Waals surface area contributed by atoms with Crippen molar-refractivity contribution in [1.29, 1.82) is 0 Å². The summed E-state index contributed by atoms with van der Waals surface area (Å²) >= 11 is 1.49. The summed E-state index contributed by atoms with van der Waals surface area (Å²) in [5.74, 6) is 0.961. The van der Waals surface area contributed by atoms with Gasteiger partial charge in [0.15, 0.2) is 4.96 Å². The van der Waals surface area contributed by atoms with Crippen molar-refractivity contribution in [2.75, 3.05) is 0 Å². The molecule has 1 aromatic carbocycles. The van der Waals surface area contributed by atoms with Gasteiger partial charge in [0.1, 0.15) is 11.4 Å². The Kier molecular flexibility index (Phi) is 3.32. The Morgan fingerprint density at radius 1 is 1.52 bits per heavy atom. The quantitative estimate of drug-likeness (QED) is 0.590. The number of rotatable bonds is 4. The first-order valence-electron chi connectivity index (χ1n) is 6.17. The highest BCUT2D eigenvalue weighted by Crippen LogP contribution is 2.31. The Hall–Kier alpha value is -2.45. The summed E-state index contributed by atoms with van der Waals surface area (Å²) < 4.78 is 7.66. The van der Waals surface area contributed by atoms with Crippen molar-refractivity contribution >= 4 is 22.0 Å². The van der Waals surface area contributed by atoms with Crippen LogP contribution in [0.2, 0.25) is 0 Å². The highest BCUT2D eigenvalue weighted by molar-refractivity contribution is 7.15. The third kappa shape index (κ3) is 2.34. The van der Waals surface area contributed by atoms with E-state index in [4.69, 9.17) is 10.5 Å². The van der Waals surface area contributed by atoms with Crippen molar-refractivity contribution in [2.45, 2.75) is 13.5 Å². The zero-order valence-corrected chi connectivity index (χ0v) is 12.0. The van der Waals surface area contributed by atoms with Crippen molar-refractivity contribution in [3.05, 3.63) is 51.1 Å². The molecular weight excluding hydrogens is 292 g/mol. The standard InChI is InChI=1S/C13H12N4O3S/c1-8-6-9(17(18)19)2-3-11(8)20-12-10(7-14)16-4-5-21-13(16)15-12/h2-6H,7,14H2,1H3. The van der Waals surface area contributed by atoms with Crippen molar-refractivity contribution in [2.24, 2.45) is 5.73 Å². The van der Waals surface area contributed by atoms with Crippen LogP contribution >= 0.6 is 11.3 Å². The van der Waals surface area contributed by atoms with Crippen molar-refractivity contribution in [3.63, 3.8) is 0 Å². The summed E-state index contributed by atoms with van der Waals surface area (Å²) in [4.78, 5) is 15.5. The number of imidazole rings is 1. The number of nitro benzene ring substituents is 1. The lowest BCUT2D eigenvalue weighted by atomic mass is 10.2. The van der Waals surface area contributed by atoms with Gasteiger partial charge in [-0.05, 0) is 18.6 Å². The minimum atomic E-state index is -0.436. The Morgan fingerprint density at radius 3 is 3.00 bits per heavy atom. The molecule has 0 amide bonds. The average molecular weight is 304 g/mol. The molecule has 108 valence electrons. The van der Waals surface area contributed by atoms with Crippen LogP contribution in [0.4, 0.5) is 5.69 Å². The lowest BCUT2D eigenvalue weighted by molar-refractivity contribution is -0.384. The van der Waals surface area contributed by atoms with E-state index in [0.29, 0.717) is 23.7 Å². The van der Waals surface area contributed by atoms with E-state index in [-0.39, 0.29) is 5.69 Å². The van der Waals surface area contributed by atoms with Gasteiger partial charge in [0, 0.05) is 30.3 Å². The van der Waals surface area contributed by atoms with Crippen LogP contribution in [0.25, 0.3) is 4.96 Å². The van der Waals surface area contributed by atoms with Crippen LogP contribution in [0, 0.1) is 17.0 Å². The molecular formula is C13H12N4O3S. The highest BCUT2D eigenvalue weighted by atomic mass is 32.1. The lowest BCUT2D eigenvalue weighted by Crippen LogP contribution is -2.02. The van der Waals surface area contributed by atoms with Gasteiger partial charge >= 0.3 is 0 Å². The van der Waals surface area contributed by atoms with E-state index in [1.807, 2.05) is 16.0 Å². The molecule has 21 heavy (non-hydrogen) atoms. The van der Waals surface area contributed by atoms with Gasteiger partial charge in [0.25, 0.3) is 5.69 Å². The zero-order chi connectivity index (χ0) is 15.0. The zero-order valence-electron chi connectivity index (χ0n) is 11.1. The second kappa shape index (κ2) is 5.15. The van der Waals surface area contributed by atoms with E-state index in [0.717, 1.165) is 10.7 Å². The molecule has 0 aliphatic carbocycles. The molecule has 0 aliphatic rings. The lowest BCUT2D eigenvalue weighted by Gasteiger charge is -2.07. The van der Waals surface area contributed by atoms with Gasteiger partial charge in [0.2, 0.25) is 5.88 Å². The summed E-state index contributed by atoms with van der Waals surface area (Å²) in [6.07, 6.45) is 1.88. The van der Waals surface area contributed by atoms with E-state index in [9.17, 15) is 10.1 Å². The van der Waals surface area contributed by atoms with Gasteiger partial charge in [0.05, 0.1) is 4.92 Å². The first-order valence-corrected chi connectivity index (χ1v) is 7.05. The highest BCUT2D eigenvalue weighted by Gasteiger charge is 2.16. The van der Waals surface area contributed by atoms with Gasteiger partial charge in [-0.15, -0.1) is 11.3 Å². The smallest absolute Gasteiger partial charge is 0.269 e. The molecule has 3 aromatic rings. The second-order valence-electron chi connectivity index (χ2n) is 4.43. The molecule has 0 aliphatic heterocycles. The van der Waals surface area contributed by atoms with Gasteiger partial charge in [-0.2, -0.15) is 4.98 Å². The van der Waals surface area contributed by atoms with Crippen molar-refractivity contribution in [3.8, 4) is 11.6 Å². The summed E-state index contributed by atoms with van der Waals surface area (Å²) in [6, 6.07) is 4.44. The number of thiazole rings is 1. The summed E-state index contributed by atoms with van der Waals surface area (Å²) in [5.41, 5.74) is 7.22.